The first-order chi connectivity index (χ1) is 16.8. The van der Waals surface area contributed by atoms with Crippen molar-refractivity contribution in [2.45, 2.75) is 72.1 Å². The summed E-state index contributed by atoms with van der Waals surface area (Å²) in [6.07, 6.45) is 2.32. The normalized spacial score (nSPS) is 11.8. The topological polar surface area (TPSA) is 156 Å². The van der Waals surface area contributed by atoms with E-state index >= 15 is 0 Å². The summed E-state index contributed by atoms with van der Waals surface area (Å²) in [5.41, 5.74) is -0.990. The molecule has 36 heavy (non-hydrogen) atoms. The minimum atomic E-state index is -2.16. The summed E-state index contributed by atoms with van der Waals surface area (Å²) in [6.45, 7) is 8.07. The van der Waals surface area contributed by atoms with E-state index in [1.54, 1.807) is 0 Å². The Morgan fingerprint density at radius 3 is 2.28 bits per heavy atom. The Balaban J connectivity index is 0.000000789. The van der Waals surface area contributed by atoms with Crippen LogP contribution in [0.2, 0.25) is 0 Å². The standard InChI is InChI=1S/C18H24F2N2O.C5H8O5.CO2/c1-4-5-16-11-18(22(21-16)9-8-13(2)3)23-12-14-10-15(19)6-7-17(14)20;1-5(10,4(8)9)2-3(6)7;2-1-3/h6-7,10-11,13H,4-5,8-9,12H2,1-3H3;10H,2H2,1H3,(H,6,7)(H,8,9);. The molecule has 1 aromatic carbocycles. The highest BCUT2D eigenvalue weighted by Crippen LogP contribution is 2.19. The molecule has 0 radical (unpaired) electrons. The molecule has 10 nitrogen and oxygen atoms in total. The number of hydrogen-bond donors (Lipinski definition) is 3. The Bertz CT molecular complexity index is 1020. The van der Waals surface area contributed by atoms with Crippen molar-refractivity contribution in [2.75, 3.05) is 0 Å². The van der Waals surface area contributed by atoms with Gasteiger partial charge in [0.2, 0.25) is 5.88 Å². The third kappa shape index (κ3) is 12.7. The van der Waals surface area contributed by atoms with Gasteiger partial charge in [-0.05, 0) is 43.9 Å². The number of halogens is 2. The number of ether oxygens (including phenoxy) is 1. The fourth-order valence-corrected chi connectivity index (χ4v) is 2.66. The van der Waals surface area contributed by atoms with Gasteiger partial charge in [-0.3, -0.25) is 4.79 Å². The molecule has 12 heteroatoms. The monoisotopic (exact) mass is 514 g/mol. The number of aliphatic hydroxyl groups is 1. The lowest BCUT2D eigenvalue weighted by Crippen LogP contribution is -2.37. The number of benzene rings is 1. The molecule has 0 aliphatic heterocycles. The van der Waals surface area contributed by atoms with Crippen LogP contribution in [0.5, 0.6) is 5.88 Å². The summed E-state index contributed by atoms with van der Waals surface area (Å²) in [5, 5.41) is 29.6. The van der Waals surface area contributed by atoms with Crippen LogP contribution in [-0.2, 0) is 38.8 Å². The molecule has 1 aromatic heterocycles. The molecule has 0 aliphatic rings. The number of aromatic nitrogens is 2. The molecule has 200 valence electrons. The van der Waals surface area contributed by atoms with Crippen molar-refractivity contribution in [2.24, 2.45) is 5.92 Å². The maximum atomic E-state index is 13.7. The Morgan fingerprint density at radius 2 is 1.81 bits per heavy atom. The second-order valence-corrected chi connectivity index (χ2v) is 8.39. The second kappa shape index (κ2) is 16.1. The van der Waals surface area contributed by atoms with Gasteiger partial charge in [-0.1, -0.05) is 27.2 Å². The van der Waals surface area contributed by atoms with Crippen molar-refractivity contribution in [3.05, 3.63) is 47.2 Å². The van der Waals surface area contributed by atoms with Crippen LogP contribution >= 0.6 is 0 Å². The maximum Gasteiger partial charge on any atom is 0.373 e. The van der Waals surface area contributed by atoms with Gasteiger partial charge in [0.15, 0.2) is 5.60 Å². The lowest BCUT2D eigenvalue weighted by Gasteiger charge is -2.13. The highest BCUT2D eigenvalue weighted by molar-refractivity contribution is 5.83. The third-order valence-corrected chi connectivity index (χ3v) is 4.56. The average molecular weight is 515 g/mol. The van der Waals surface area contributed by atoms with Crippen molar-refractivity contribution < 1.29 is 48.0 Å². The van der Waals surface area contributed by atoms with E-state index in [1.807, 2.05) is 10.7 Å². The number of rotatable bonds is 11. The molecule has 3 N–H and O–H groups in total. The molecule has 1 atom stereocenters. The van der Waals surface area contributed by atoms with Crippen molar-refractivity contribution in [3.63, 3.8) is 0 Å². The van der Waals surface area contributed by atoms with E-state index in [4.69, 9.17) is 29.6 Å². The Labute approximate surface area is 207 Å². The summed E-state index contributed by atoms with van der Waals surface area (Å²) in [4.78, 5) is 36.2. The quantitative estimate of drug-likeness (QED) is 0.409. The fraction of sp³-hybridized carbons (Fsp3) is 0.500. The van der Waals surface area contributed by atoms with Gasteiger partial charge in [0.25, 0.3) is 0 Å². The van der Waals surface area contributed by atoms with Crippen LogP contribution in [0.3, 0.4) is 0 Å². The van der Waals surface area contributed by atoms with Crippen LogP contribution in [-0.4, -0.2) is 48.8 Å². The first-order valence-electron chi connectivity index (χ1n) is 11.1. The first kappa shape index (κ1) is 32.4. The van der Waals surface area contributed by atoms with E-state index < -0.39 is 35.6 Å². The summed E-state index contributed by atoms with van der Waals surface area (Å²) in [5.74, 6) is -2.64. The maximum absolute atomic E-state index is 13.7. The Morgan fingerprint density at radius 1 is 1.19 bits per heavy atom. The van der Waals surface area contributed by atoms with Crippen LogP contribution in [0.15, 0.2) is 24.3 Å². The molecule has 1 unspecified atom stereocenters. The molecule has 0 amide bonds. The number of nitrogens with zero attached hydrogens (tertiary/aromatic N) is 2. The van der Waals surface area contributed by atoms with E-state index in [0.29, 0.717) is 11.8 Å². The zero-order chi connectivity index (χ0) is 27.9. The van der Waals surface area contributed by atoms with Gasteiger partial charge in [-0.15, -0.1) is 0 Å². The second-order valence-electron chi connectivity index (χ2n) is 8.39. The number of carbonyl (C=O) groups is 2. The van der Waals surface area contributed by atoms with Crippen LogP contribution in [0, 0.1) is 17.6 Å². The van der Waals surface area contributed by atoms with Gasteiger partial charge in [-0.25, -0.2) is 18.3 Å². The SMILES string of the molecule is CC(O)(CC(=O)O)C(=O)O.CCCc1cc(OCc2cc(F)ccc2F)n(CCC(C)C)n1.O=C=O. The van der Waals surface area contributed by atoms with E-state index in [2.05, 4.69) is 25.9 Å². The zero-order valence-corrected chi connectivity index (χ0v) is 20.7. The van der Waals surface area contributed by atoms with Crippen molar-refractivity contribution in [1.29, 1.82) is 0 Å². The van der Waals surface area contributed by atoms with Gasteiger partial charge < -0.3 is 20.1 Å². The molecule has 2 aromatic rings. The molecule has 0 spiro atoms. The molecule has 0 bridgehead atoms. The summed E-state index contributed by atoms with van der Waals surface area (Å²) < 4.78 is 34.4. The van der Waals surface area contributed by atoms with Crippen molar-refractivity contribution >= 4 is 18.1 Å². The van der Waals surface area contributed by atoms with Crippen LogP contribution < -0.4 is 4.74 Å². The Hall–Kier alpha value is -3.63. The number of carboxylic acids is 2. The molecular formula is C24H32F2N2O8. The number of hydrogen-bond acceptors (Lipinski definition) is 7. The van der Waals surface area contributed by atoms with E-state index in [9.17, 15) is 18.4 Å². The van der Waals surface area contributed by atoms with Gasteiger partial charge in [-0.2, -0.15) is 14.7 Å². The third-order valence-electron chi connectivity index (χ3n) is 4.56. The molecule has 0 aliphatic carbocycles. The van der Waals surface area contributed by atoms with Gasteiger partial charge in [0.1, 0.15) is 18.2 Å². The molecular weight excluding hydrogens is 482 g/mol. The highest BCUT2D eigenvalue weighted by Gasteiger charge is 2.32. The van der Waals surface area contributed by atoms with Crippen LogP contribution in [0.4, 0.5) is 8.78 Å². The average Bonchev–Trinajstić information content (AvgIpc) is 3.15. The Kier molecular flexibility index (Phi) is 14.5. The number of aryl methyl sites for hydroxylation is 2. The zero-order valence-electron chi connectivity index (χ0n) is 20.7. The lowest BCUT2D eigenvalue weighted by atomic mass is 10.0. The first-order valence-corrected chi connectivity index (χ1v) is 11.1. The minimum Gasteiger partial charge on any atom is -0.481 e. The smallest absolute Gasteiger partial charge is 0.373 e. The molecule has 1 heterocycles. The summed E-state index contributed by atoms with van der Waals surface area (Å²) >= 11 is 0. The van der Waals surface area contributed by atoms with Crippen molar-refractivity contribution in [3.8, 4) is 5.88 Å². The van der Waals surface area contributed by atoms with Crippen LogP contribution in [0.1, 0.15) is 58.2 Å². The molecule has 0 fully saturated rings. The fourth-order valence-electron chi connectivity index (χ4n) is 2.66. The largest absolute Gasteiger partial charge is 0.481 e. The summed E-state index contributed by atoms with van der Waals surface area (Å²) in [6, 6.07) is 5.27. The summed E-state index contributed by atoms with van der Waals surface area (Å²) in [7, 11) is 0. The van der Waals surface area contributed by atoms with Crippen LogP contribution in [0.25, 0.3) is 0 Å². The minimum absolute atomic E-state index is 0.0114. The molecule has 0 saturated heterocycles. The van der Waals surface area contributed by atoms with E-state index in [0.717, 1.165) is 56.6 Å². The predicted molar refractivity (Wildman–Crippen MR) is 122 cm³/mol. The number of carbonyl (C=O) groups excluding carboxylic acids is 2. The number of carboxylic acid groups (broad SMARTS) is 2. The highest BCUT2D eigenvalue weighted by atomic mass is 19.1. The van der Waals surface area contributed by atoms with E-state index in [-0.39, 0.29) is 18.3 Å². The van der Waals surface area contributed by atoms with Gasteiger partial charge in [0.05, 0.1) is 12.1 Å². The lowest BCUT2D eigenvalue weighted by molar-refractivity contribution is -0.191. The van der Waals surface area contributed by atoms with Gasteiger partial charge >= 0.3 is 18.1 Å². The number of aliphatic carboxylic acids is 2. The molecule has 2 rings (SSSR count). The van der Waals surface area contributed by atoms with Gasteiger partial charge in [0, 0.05) is 18.2 Å². The predicted octanol–water partition coefficient (Wildman–Crippen LogP) is 3.45. The molecule has 0 saturated carbocycles. The van der Waals surface area contributed by atoms with E-state index in [1.165, 1.54) is 0 Å². The van der Waals surface area contributed by atoms with Crippen molar-refractivity contribution in [1.82, 2.24) is 9.78 Å².